The molecular weight excluding hydrogens is 394 g/mol. The number of aromatic nitrogens is 3. The van der Waals surface area contributed by atoms with E-state index in [9.17, 15) is 13.2 Å². The van der Waals surface area contributed by atoms with Crippen LogP contribution in [0.3, 0.4) is 0 Å². The number of hydrogen-bond donors (Lipinski definition) is 1. The third-order valence-electron chi connectivity index (χ3n) is 4.12. The lowest BCUT2D eigenvalue weighted by Gasteiger charge is -2.32. The summed E-state index contributed by atoms with van der Waals surface area (Å²) in [7, 11) is -3.73. The van der Waals surface area contributed by atoms with Gasteiger partial charge in [0.2, 0.25) is 11.7 Å². The Bertz CT molecular complexity index is 1010. The van der Waals surface area contributed by atoms with E-state index >= 15 is 0 Å². The fourth-order valence-corrected chi connectivity index (χ4v) is 5.64. The van der Waals surface area contributed by atoms with Crippen LogP contribution in [0.1, 0.15) is 19.3 Å². The van der Waals surface area contributed by atoms with Crippen molar-refractivity contribution in [2.45, 2.75) is 29.5 Å². The summed E-state index contributed by atoms with van der Waals surface area (Å²) in [4.78, 5) is 12.7. The van der Waals surface area contributed by atoms with Crippen LogP contribution < -0.4 is 5.32 Å². The molecule has 0 unspecified atom stereocenters. The molecule has 142 valence electrons. The van der Waals surface area contributed by atoms with E-state index in [1.807, 2.05) is 0 Å². The SMILES string of the molecule is O=C(Nc1nnc(-c2ccno2)o1)[C@H]1CCCCN1S(=O)(=O)c1cccs1. The van der Waals surface area contributed by atoms with Crippen molar-refractivity contribution in [3.63, 3.8) is 0 Å². The standard InChI is InChI=1S/C15H15N5O5S2/c21-13(17-15-19-18-14(24-15)11-6-7-16-25-11)10-4-1-2-8-20(10)27(22,23)12-5-3-9-26-12/h3,5-7,9-10H,1-2,4,8H2,(H,17,19,21)/t10-/m1/s1. The van der Waals surface area contributed by atoms with Crippen LogP contribution in [-0.4, -0.2) is 46.6 Å². The van der Waals surface area contributed by atoms with Crippen molar-refractivity contribution >= 4 is 33.3 Å². The number of sulfonamides is 1. The number of nitrogens with zero attached hydrogens (tertiary/aromatic N) is 4. The number of carbonyl (C=O) groups is 1. The molecule has 0 saturated carbocycles. The van der Waals surface area contributed by atoms with Gasteiger partial charge in [0.15, 0.2) is 0 Å². The minimum absolute atomic E-state index is 0.0644. The Morgan fingerprint density at radius 3 is 2.93 bits per heavy atom. The van der Waals surface area contributed by atoms with E-state index < -0.39 is 22.0 Å². The minimum Gasteiger partial charge on any atom is -0.400 e. The van der Waals surface area contributed by atoms with Gasteiger partial charge in [0.25, 0.3) is 15.9 Å². The Kier molecular flexibility index (Phi) is 4.76. The van der Waals surface area contributed by atoms with Gasteiger partial charge in [-0.1, -0.05) is 22.7 Å². The summed E-state index contributed by atoms with van der Waals surface area (Å²) in [5.74, 6) is -0.181. The van der Waals surface area contributed by atoms with Gasteiger partial charge >= 0.3 is 6.01 Å². The van der Waals surface area contributed by atoms with E-state index in [-0.39, 0.29) is 28.4 Å². The van der Waals surface area contributed by atoms with Crippen molar-refractivity contribution < 1.29 is 22.2 Å². The molecule has 10 nitrogen and oxygen atoms in total. The summed E-state index contributed by atoms with van der Waals surface area (Å²) in [5, 5.41) is 15.2. The van der Waals surface area contributed by atoms with Gasteiger partial charge in [-0.15, -0.1) is 16.4 Å². The summed E-state index contributed by atoms with van der Waals surface area (Å²) in [6.07, 6.45) is 3.29. The number of piperidine rings is 1. The molecule has 1 aliphatic heterocycles. The Labute approximate surface area is 158 Å². The van der Waals surface area contributed by atoms with Crippen LogP contribution in [-0.2, 0) is 14.8 Å². The molecule has 1 atom stereocenters. The largest absolute Gasteiger partial charge is 0.400 e. The molecule has 0 spiro atoms. The summed E-state index contributed by atoms with van der Waals surface area (Å²) in [6.45, 7) is 0.283. The third-order valence-corrected chi connectivity index (χ3v) is 7.40. The van der Waals surface area contributed by atoms with Gasteiger partial charge in [0.1, 0.15) is 10.3 Å². The van der Waals surface area contributed by atoms with E-state index in [1.54, 1.807) is 11.4 Å². The van der Waals surface area contributed by atoms with Crippen LogP contribution in [0.5, 0.6) is 0 Å². The monoisotopic (exact) mass is 409 g/mol. The first-order valence-corrected chi connectivity index (χ1v) is 10.5. The number of anilines is 1. The van der Waals surface area contributed by atoms with Crippen molar-refractivity contribution in [3.05, 3.63) is 29.8 Å². The van der Waals surface area contributed by atoms with Gasteiger partial charge in [-0.05, 0) is 24.3 Å². The summed E-state index contributed by atoms with van der Waals surface area (Å²) >= 11 is 1.12. The quantitative estimate of drug-likeness (QED) is 0.676. The van der Waals surface area contributed by atoms with E-state index in [4.69, 9.17) is 8.94 Å². The molecule has 1 amide bonds. The fraction of sp³-hybridized carbons (Fsp3) is 0.333. The van der Waals surface area contributed by atoms with Crippen molar-refractivity contribution in [2.24, 2.45) is 0 Å². The van der Waals surface area contributed by atoms with Gasteiger partial charge in [-0.2, -0.15) is 4.31 Å². The summed E-state index contributed by atoms with van der Waals surface area (Å²) < 4.78 is 37.4. The van der Waals surface area contributed by atoms with E-state index in [1.165, 1.54) is 22.6 Å². The molecule has 27 heavy (non-hydrogen) atoms. The predicted molar refractivity (Wildman–Crippen MR) is 94.3 cm³/mol. The van der Waals surface area contributed by atoms with Gasteiger partial charge in [-0.3, -0.25) is 10.1 Å². The van der Waals surface area contributed by atoms with E-state index in [0.29, 0.717) is 12.8 Å². The first-order valence-electron chi connectivity index (χ1n) is 8.16. The van der Waals surface area contributed by atoms with Crippen LogP contribution in [0.25, 0.3) is 11.7 Å². The molecule has 0 aromatic carbocycles. The molecule has 3 aromatic rings. The Morgan fingerprint density at radius 1 is 1.30 bits per heavy atom. The summed E-state index contributed by atoms with van der Waals surface area (Å²) in [5.41, 5.74) is 0. The molecule has 4 rings (SSSR count). The molecule has 12 heteroatoms. The first kappa shape index (κ1) is 17.8. The van der Waals surface area contributed by atoms with Crippen LogP contribution in [0.2, 0.25) is 0 Å². The average molecular weight is 409 g/mol. The lowest BCUT2D eigenvalue weighted by molar-refractivity contribution is -0.120. The molecule has 0 bridgehead atoms. The molecule has 1 aliphatic rings. The Balaban J connectivity index is 1.53. The van der Waals surface area contributed by atoms with E-state index in [2.05, 4.69) is 20.7 Å². The second-order valence-electron chi connectivity index (χ2n) is 5.84. The summed E-state index contributed by atoms with van der Waals surface area (Å²) in [6, 6.07) is 3.76. The second kappa shape index (κ2) is 7.21. The zero-order chi connectivity index (χ0) is 18.9. The number of carbonyl (C=O) groups excluding carboxylic acids is 1. The molecule has 4 heterocycles. The van der Waals surface area contributed by atoms with Crippen molar-refractivity contribution in [3.8, 4) is 11.7 Å². The zero-order valence-corrected chi connectivity index (χ0v) is 15.6. The maximum atomic E-state index is 12.9. The lowest BCUT2D eigenvalue weighted by Crippen LogP contribution is -2.49. The third kappa shape index (κ3) is 3.50. The number of amides is 1. The molecule has 1 fully saturated rings. The van der Waals surface area contributed by atoms with Crippen LogP contribution >= 0.6 is 11.3 Å². The number of nitrogens with one attached hydrogen (secondary N) is 1. The molecule has 1 saturated heterocycles. The Morgan fingerprint density at radius 2 is 2.19 bits per heavy atom. The fourth-order valence-electron chi connectivity index (χ4n) is 2.87. The first-order chi connectivity index (χ1) is 13.1. The highest BCUT2D eigenvalue weighted by Crippen LogP contribution is 2.28. The van der Waals surface area contributed by atoms with Gasteiger partial charge < -0.3 is 8.94 Å². The van der Waals surface area contributed by atoms with E-state index in [0.717, 1.165) is 17.8 Å². The zero-order valence-electron chi connectivity index (χ0n) is 13.9. The van der Waals surface area contributed by atoms with Crippen molar-refractivity contribution in [1.82, 2.24) is 19.7 Å². The minimum atomic E-state index is -3.73. The molecular formula is C15H15N5O5S2. The highest BCUT2D eigenvalue weighted by Gasteiger charge is 2.38. The Hall–Kier alpha value is -2.57. The molecule has 0 radical (unpaired) electrons. The normalized spacial score (nSPS) is 18.4. The van der Waals surface area contributed by atoms with Gasteiger partial charge in [-0.25, -0.2) is 8.42 Å². The molecule has 0 aliphatic carbocycles. The van der Waals surface area contributed by atoms with Crippen molar-refractivity contribution in [1.29, 1.82) is 0 Å². The molecule has 1 N–H and O–H groups in total. The topological polar surface area (TPSA) is 131 Å². The lowest BCUT2D eigenvalue weighted by atomic mass is 10.0. The molecule has 3 aromatic heterocycles. The number of rotatable bonds is 5. The van der Waals surface area contributed by atoms with Gasteiger partial charge in [0, 0.05) is 12.6 Å². The predicted octanol–water partition coefficient (Wildman–Crippen LogP) is 1.97. The van der Waals surface area contributed by atoms with Crippen LogP contribution in [0.4, 0.5) is 6.01 Å². The van der Waals surface area contributed by atoms with Gasteiger partial charge in [0.05, 0.1) is 6.20 Å². The smallest absolute Gasteiger partial charge is 0.322 e. The van der Waals surface area contributed by atoms with Crippen LogP contribution in [0.15, 0.2) is 42.9 Å². The highest BCUT2D eigenvalue weighted by atomic mass is 32.2. The maximum Gasteiger partial charge on any atom is 0.322 e. The number of thiophene rings is 1. The maximum absolute atomic E-state index is 12.9. The second-order valence-corrected chi connectivity index (χ2v) is 8.90. The van der Waals surface area contributed by atoms with Crippen molar-refractivity contribution in [2.75, 3.05) is 11.9 Å². The number of hydrogen-bond acceptors (Lipinski definition) is 9. The average Bonchev–Trinajstić information content (AvgIpc) is 3.42. The highest BCUT2D eigenvalue weighted by molar-refractivity contribution is 7.91. The van der Waals surface area contributed by atoms with Crippen LogP contribution in [0, 0.1) is 0 Å².